The third kappa shape index (κ3) is 3.59. The third-order valence-electron chi connectivity index (χ3n) is 3.93. The lowest BCUT2D eigenvalue weighted by Gasteiger charge is -2.10. The first-order chi connectivity index (χ1) is 10.6. The Labute approximate surface area is 150 Å². The van der Waals surface area contributed by atoms with E-state index < -0.39 is 0 Å². The van der Waals surface area contributed by atoms with Crippen LogP contribution in [0.3, 0.4) is 0 Å². The van der Waals surface area contributed by atoms with Crippen molar-refractivity contribution in [3.05, 3.63) is 45.7 Å². The lowest BCUT2D eigenvalue weighted by atomic mass is 10.2. The molecule has 23 heavy (non-hydrogen) atoms. The van der Waals surface area contributed by atoms with Crippen molar-refractivity contribution in [1.82, 2.24) is 15.1 Å². The summed E-state index contributed by atoms with van der Waals surface area (Å²) in [4.78, 5) is 12.4. The Balaban J connectivity index is 0.00000192. The summed E-state index contributed by atoms with van der Waals surface area (Å²) >= 11 is 3.48. The molecule has 5 nitrogen and oxygen atoms in total. The minimum absolute atomic E-state index is 0. The van der Waals surface area contributed by atoms with Crippen LogP contribution in [0.4, 0.5) is 0 Å². The van der Waals surface area contributed by atoms with E-state index in [2.05, 4.69) is 26.3 Å². The van der Waals surface area contributed by atoms with Gasteiger partial charge in [-0.1, -0.05) is 22.0 Å². The summed E-state index contributed by atoms with van der Waals surface area (Å²) in [5, 5.41) is 7.48. The van der Waals surface area contributed by atoms with Crippen molar-refractivity contribution >= 4 is 34.2 Å². The maximum atomic E-state index is 12.4. The van der Waals surface area contributed by atoms with Gasteiger partial charge in [-0.25, -0.2) is 4.68 Å². The van der Waals surface area contributed by atoms with Crippen LogP contribution >= 0.6 is 28.3 Å². The second-order valence-corrected chi connectivity index (χ2v) is 6.54. The molecule has 0 aliphatic heterocycles. The highest BCUT2D eigenvalue weighted by Gasteiger charge is 2.27. The van der Waals surface area contributed by atoms with E-state index in [0.29, 0.717) is 12.2 Å². The minimum Gasteiger partial charge on any atom is -0.347 e. The summed E-state index contributed by atoms with van der Waals surface area (Å²) in [5.41, 5.74) is 9.30. The molecule has 0 saturated carbocycles. The number of nitrogens with two attached hydrogens (primary N) is 1. The van der Waals surface area contributed by atoms with Crippen LogP contribution in [-0.4, -0.2) is 28.3 Å². The van der Waals surface area contributed by atoms with E-state index in [0.717, 1.165) is 40.7 Å². The quantitative estimate of drug-likeness (QED) is 0.830. The number of hydrogen-bond acceptors (Lipinski definition) is 3. The molecular formula is C16H20BrClN4O. The Morgan fingerprint density at radius 2 is 2.26 bits per heavy atom. The Morgan fingerprint density at radius 3 is 2.96 bits per heavy atom. The molecule has 1 aromatic heterocycles. The van der Waals surface area contributed by atoms with Crippen LogP contribution in [0, 0.1) is 0 Å². The molecule has 0 fully saturated rings. The van der Waals surface area contributed by atoms with Crippen LogP contribution in [0.5, 0.6) is 0 Å². The first-order valence-electron chi connectivity index (χ1n) is 7.47. The van der Waals surface area contributed by atoms with Crippen molar-refractivity contribution in [2.45, 2.75) is 32.2 Å². The predicted molar refractivity (Wildman–Crippen MR) is 96.5 cm³/mol. The maximum absolute atomic E-state index is 12.4. The monoisotopic (exact) mass is 398 g/mol. The Bertz CT molecular complexity index is 716. The third-order valence-corrected chi connectivity index (χ3v) is 4.42. The number of carbonyl (C=O) groups excluding carboxylic acids is 1. The van der Waals surface area contributed by atoms with Gasteiger partial charge in [-0.05, 0) is 44.4 Å². The molecule has 0 radical (unpaired) electrons. The molecule has 0 saturated heterocycles. The van der Waals surface area contributed by atoms with E-state index in [1.807, 2.05) is 35.9 Å². The number of halogens is 2. The standard InChI is InChI=1S/C16H19BrN4O.ClH/c1-10(9-18)19-16(22)15-13-6-3-7-14(13)21(20-15)12-5-2-4-11(17)8-12;/h2,4-5,8,10H,3,6-7,9,18H2,1H3,(H,19,22);1H/t10-;/m0./s1. The first kappa shape index (κ1) is 18.0. The molecule has 1 heterocycles. The van der Waals surface area contributed by atoms with E-state index in [1.165, 1.54) is 0 Å². The summed E-state index contributed by atoms with van der Waals surface area (Å²) in [6.45, 7) is 2.31. The van der Waals surface area contributed by atoms with Crippen molar-refractivity contribution in [3.8, 4) is 5.69 Å². The summed E-state index contributed by atoms with van der Waals surface area (Å²) in [6, 6.07) is 7.90. The fourth-order valence-corrected chi connectivity index (χ4v) is 3.18. The van der Waals surface area contributed by atoms with Gasteiger partial charge in [0.2, 0.25) is 0 Å². The molecule has 0 unspecified atom stereocenters. The summed E-state index contributed by atoms with van der Waals surface area (Å²) in [5.74, 6) is -0.134. The van der Waals surface area contributed by atoms with Crippen LogP contribution in [0.2, 0.25) is 0 Å². The fraction of sp³-hybridized carbons (Fsp3) is 0.375. The number of aromatic nitrogens is 2. The van der Waals surface area contributed by atoms with Crippen molar-refractivity contribution in [1.29, 1.82) is 0 Å². The average molecular weight is 400 g/mol. The fourth-order valence-electron chi connectivity index (χ4n) is 2.79. The highest BCUT2D eigenvalue weighted by atomic mass is 79.9. The minimum atomic E-state index is -0.134. The van der Waals surface area contributed by atoms with E-state index in [9.17, 15) is 4.79 Å². The van der Waals surface area contributed by atoms with Gasteiger partial charge in [-0.15, -0.1) is 12.4 Å². The van der Waals surface area contributed by atoms with Gasteiger partial charge < -0.3 is 11.1 Å². The zero-order valence-electron chi connectivity index (χ0n) is 12.9. The number of nitrogens with one attached hydrogen (secondary N) is 1. The van der Waals surface area contributed by atoms with Gasteiger partial charge >= 0.3 is 0 Å². The lowest BCUT2D eigenvalue weighted by molar-refractivity contribution is 0.0935. The largest absolute Gasteiger partial charge is 0.347 e. The number of rotatable bonds is 4. The number of carbonyl (C=O) groups is 1. The van der Waals surface area contributed by atoms with E-state index in [4.69, 9.17) is 5.73 Å². The molecule has 1 atom stereocenters. The molecule has 1 aliphatic rings. The van der Waals surface area contributed by atoms with Gasteiger partial charge in [-0.2, -0.15) is 5.10 Å². The van der Waals surface area contributed by atoms with Gasteiger partial charge in [0, 0.05) is 28.3 Å². The smallest absolute Gasteiger partial charge is 0.272 e. The summed E-state index contributed by atoms with van der Waals surface area (Å²) < 4.78 is 2.89. The lowest BCUT2D eigenvalue weighted by Crippen LogP contribution is -2.38. The highest BCUT2D eigenvalue weighted by Crippen LogP contribution is 2.28. The number of nitrogens with zero attached hydrogens (tertiary/aromatic N) is 2. The molecule has 1 aliphatic carbocycles. The molecule has 1 aromatic carbocycles. The number of amides is 1. The SMILES string of the molecule is C[C@@H](CN)NC(=O)c1nn(-c2cccc(Br)c2)c2c1CCC2.Cl. The van der Waals surface area contributed by atoms with Crippen LogP contribution in [0.15, 0.2) is 28.7 Å². The molecule has 7 heteroatoms. The molecule has 0 spiro atoms. The number of fused-ring (bicyclic) bond motifs is 1. The second-order valence-electron chi connectivity index (χ2n) is 5.63. The van der Waals surface area contributed by atoms with Gasteiger partial charge in [0.15, 0.2) is 5.69 Å². The molecule has 2 aromatic rings. The van der Waals surface area contributed by atoms with Gasteiger partial charge in [0.05, 0.1) is 5.69 Å². The van der Waals surface area contributed by atoms with Crippen molar-refractivity contribution in [2.24, 2.45) is 5.73 Å². The highest BCUT2D eigenvalue weighted by molar-refractivity contribution is 9.10. The maximum Gasteiger partial charge on any atom is 0.272 e. The molecular weight excluding hydrogens is 380 g/mol. The van der Waals surface area contributed by atoms with Crippen LogP contribution in [0.1, 0.15) is 35.1 Å². The van der Waals surface area contributed by atoms with Crippen LogP contribution < -0.4 is 11.1 Å². The molecule has 0 bridgehead atoms. The van der Waals surface area contributed by atoms with E-state index in [1.54, 1.807) is 0 Å². The Kier molecular flexibility index (Phi) is 5.84. The zero-order valence-corrected chi connectivity index (χ0v) is 15.3. The summed E-state index contributed by atoms with van der Waals surface area (Å²) in [7, 11) is 0. The molecule has 3 N–H and O–H groups in total. The van der Waals surface area contributed by atoms with E-state index in [-0.39, 0.29) is 24.4 Å². The average Bonchev–Trinajstić information content (AvgIpc) is 3.08. The van der Waals surface area contributed by atoms with Crippen molar-refractivity contribution in [2.75, 3.05) is 6.54 Å². The zero-order chi connectivity index (χ0) is 15.7. The number of benzene rings is 1. The van der Waals surface area contributed by atoms with Crippen LogP contribution in [0.25, 0.3) is 5.69 Å². The van der Waals surface area contributed by atoms with Crippen molar-refractivity contribution < 1.29 is 4.79 Å². The van der Waals surface area contributed by atoms with Gasteiger partial charge in [0.1, 0.15) is 0 Å². The van der Waals surface area contributed by atoms with Gasteiger partial charge in [0.25, 0.3) is 5.91 Å². The molecule has 124 valence electrons. The van der Waals surface area contributed by atoms with E-state index >= 15 is 0 Å². The Hall–Kier alpha value is -1.37. The second kappa shape index (κ2) is 7.47. The predicted octanol–water partition coefficient (Wildman–Crippen LogP) is 2.62. The normalized spacial score (nSPS) is 14.0. The topological polar surface area (TPSA) is 72.9 Å². The van der Waals surface area contributed by atoms with Crippen LogP contribution in [-0.2, 0) is 12.8 Å². The van der Waals surface area contributed by atoms with Crippen molar-refractivity contribution in [3.63, 3.8) is 0 Å². The van der Waals surface area contributed by atoms with Gasteiger partial charge in [-0.3, -0.25) is 4.79 Å². The molecule has 1 amide bonds. The molecule has 3 rings (SSSR count). The summed E-state index contributed by atoms with van der Waals surface area (Å²) in [6.07, 6.45) is 2.92. The Morgan fingerprint density at radius 1 is 1.48 bits per heavy atom. The first-order valence-corrected chi connectivity index (χ1v) is 8.27. The number of hydrogen-bond donors (Lipinski definition) is 2.